The van der Waals surface area contributed by atoms with Crippen LogP contribution in [0.25, 0.3) is 0 Å². The van der Waals surface area contributed by atoms with Crippen LogP contribution in [0.2, 0.25) is 0 Å². The lowest BCUT2D eigenvalue weighted by Crippen LogP contribution is -2.14. The van der Waals surface area contributed by atoms with Gasteiger partial charge in [-0.2, -0.15) is 0 Å². The first-order valence-corrected chi connectivity index (χ1v) is 6.95. The van der Waals surface area contributed by atoms with Gasteiger partial charge in [-0.25, -0.2) is 0 Å². The summed E-state index contributed by atoms with van der Waals surface area (Å²) in [6.45, 7) is 7.61. The minimum Gasteiger partial charge on any atom is -0.379 e. The molecule has 0 fully saturated rings. The lowest BCUT2D eigenvalue weighted by molar-refractivity contribution is -0.123. The van der Waals surface area contributed by atoms with E-state index < -0.39 is 0 Å². The Bertz CT molecular complexity index is 270. The van der Waals surface area contributed by atoms with Crippen molar-refractivity contribution < 1.29 is 23.7 Å². The minimum absolute atomic E-state index is 0.0802. The largest absolute Gasteiger partial charge is 0.379 e. The Labute approximate surface area is 121 Å². The van der Waals surface area contributed by atoms with Gasteiger partial charge in [-0.05, 0) is 0 Å². The van der Waals surface area contributed by atoms with Gasteiger partial charge in [-0.1, -0.05) is 19.8 Å². The summed E-state index contributed by atoms with van der Waals surface area (Å²) >= 11 is 0. The fourth-order valence-corrected chi connectivity index (χ4v) is 1.25. The first kappa shape index (κ1) is 19.1. The van der Waals surface area contributed by atoms with Gasteiger partial charge in [0.15, 0.2) is 0 Å². The van der Waals surface area contributed by atoms with Crippen LogP contribution in [0.4, 0.5) is 0 Å². The normalized spacial score (nSPS) is 10.7. The number of ketones is 1. The third-order valence-corrected chi connectivity index (χ3v) is 2.44. The summed E-state index contributed by atoms with van der Waals surface area (Å²) < 4.78 is 20.9. The van der Waals surface area contributed by atoms with E-state index in [1.165, 1.54) is 0 Å². The van der Waals surface area contributed by atoms with Crippen molar-refractivity contribution in [2.24, 2.45) is 5.92 Å². The minimum atomic E-state index is 0.0802. The molecule has 20 heavy (non-hydrogen) atoms. The van der Waals surface area contributed by atoms with E-state index in [0.29, 0.717) is 59.3 Å². The van der Waals surface area contributed by atoms with Gasteiger partial charge >= 0.3 is 0 Å². The molecule has 0 heterocycles. The standard InChI is InChI=1S/C15H26O5/c1-4-6-17-8-10-19-12-13-20-11-9-18-7-5-15(16)14(2)3/h1,14H,5-13H2,2-3H3. The number of terminal acetylenes is 1. The molecular formula is C15H26O5. The molecule has 0 saturated heterocycles. The summed E-state index contributed by atoms with van der Waals surface area (Å²) in [6, 6.07) is 0. The molecule has 0 aromatic rings. The van der Waals surface area contributed by atoms with Gasteiger partial charge < -0.3 is 18.9 Å². The highest BCUT2D eigenvalue weighted by Gasteiger charge is 2.05. The van der Waals surface area contributed by atoms with Gasteiger partial charge in [0.1, 0.15) is 12.4 Å². The summed E-state index contributed by atoms with van der Waals surface area (Å²) in [5, 5.41) is 0. The highest BCUT2D eigenvalue weighted by atomic mass is 16.6. The summed E-state index contributed by atoms with van der Waals surface area (Å²) in [6.07, 6.45) is 5.49. The molecule has 0 radical (unpaired) electrons. The Morgan fingerprint density at radius 1 is 0.900 bits per heavy atom. The van der Waals surface area contributed by atoms with Crippen molar-refractivity contribution >= 4 is 5.78 Å². The zero-order valence-electron chi connectivity index (χ0n) is 12.6. The molecule has 0 saturated carbocycles. The Morgan fingerprint density at radius 2 is 1.35 bits per heavy atom. The van der Waals surface area contributed by atoms with Gasteiger partial charge in [-0.3, -0.25) is 4.79 Å². The lowest BCUT2D eigenvalue weighted by Gasteiger charge is -2.07. The molecule has 0 unspecified atom stereocenters. The quantitative estimate of drug-likeness (QED) is 0.356. The molecule has 0 aliphatic carbocycles. The van der Waals surface area contributed by atoms with Crippen molar-refractivity contribution in [1.82, 2.24) is 0 Å². The molecule has 5 nitrogen and oxygen atoms in total. The lowest BCUT2D eigenvalue weighted by atomic mass is 10.1. The van der Waals surface area contributed by atoms with Crippen LogP contribution in [0, 0.1) is 18.3 Å². The monoisotopic (exact) mass is 286 g/mol. The van der Waals surface area contributed by atoms with Gasteiger partial charge in [-0.15, -0.1) is 6.42 Å². The van der Waals surface area contributed by atoms with E-state index in [4.69, 9.17) is 25.4 Å². The van der Waals surface area contributed by atoms with E-state index in [2.05, 4.69) is 5.92 Å². The predicted octanol–water partition coefficient (Wildman–Crippen LogP) is 1.30. The summed E-state index contributed by atoms with van der Waals surface area (Å²) in [4.78, 5) is 11.3. The summed E-state index contributed by atoms with van der Waals surface area (Å²) in [5.74, 6) is 2.69. The number of hydrogen-bond donors (Lipinski definition) is 0. The first-order valence-electron chi connectivity index (χ1n) is 6.95. The zero-order valence-corrected chi connectivity index (χ0v) is 12.6. The summed E-state index contributed by atoms with van der Waals surface area (Å²) in [7, 11) is 0. The highest BCUT2D eigenvalue weighted by molar-refractivity contribution is 5.80. The second-order valence-corrected chi connectivity index (χ2v) is 4.46. The molecule has 0 aliphatic heterocycles. The Hall–Kier alpha value is -0.930. The molecule has 0 aliphatic rings. The molecule has 0 N–H and O–H groups in total. The number of hydrogen-bond acceptors (Lipinski definition) is 5. The Balaban J connectivity index is 3.07. The van der Waals surface area contributed by atoms with E-state index in [-0.39, 0.29) is 11.7 Å². The van der Waals surface area contributed by atoms with Crippen LogP contribution in [0.1, 0.15) is 20.3 Å². The Morgan fingerprint density at radius 3 is 1.80 bits per heavy atom. The van der Waals surface area contributed by atoms with Crippen molar-refractivity contribution in [3.63, 3.8) is 0 Å². The average Bonchev–Trinajstić information content (AvgIpc) is 2.43. The van der Waals surface area contributed by atoms with E-state index in [0.717, 1.165) is 0 Å². The van der Waals surface area contributed by atoms with Crippen molar-refractivity contribution in [2.75, 3.05) is 52.9 Å². The molecular weight excluding hydrogens is 260 g/mol. The second kappa shape index (κ2) is 14.5. The van der Waals surface area contributed by atoms with Crippen LogP contribution in [-0.4, -0.2) is 58.6 Å². The fourth-order valence-electron chi connectivity index (χ4n) is 1.25. The highest BCUT2D eigenvalue weighted by Crippen LogP contribution is 1.98. The van der Waals surface area contributed by atoms with Crippen molar-refractivity contribution in [3.8, 4) is 12.3 Å². The van der Waals surface area contributed by atoms with Crippen LogP contribution in [0.15, 0.2) is 0 Å². The van der Waals surface area contributed by atoms with Crippen molar-refractivity contribution in [2.45, 2.75) is 20.3 Å². The first-order chi connectivity index (χ1) is 9.68. The van der Waals surface area contributed by atoms with Gasteiger partial charge in [0.2, 0.25) is 0 Å². The average molecular weight is 286 g/mol. The van der Waals surface area contributed by atoms with Crippen molar-refractivity contribution in [1.29, 1.82) is 0 Å². The molecule has 0 spiro atoms. The molecule has 0 rings (SSSR count). The van der Waals surface area contributed by atoms with Crippen molar-refractivity contribution in [3.05, 3.63) is 0 Å². The molecule has 0 atom stereocenters. The van der Waals surface area contributed by atoms with Gasteiger partial charge in [0.25, 0.3) is 0 Å². The molecule has 0 aromatic heterocycles. The third kappa shape index (κ3) is 13.5. The number of Topliss-reactive ketones (excluding diaryl/α,β-unsaturated/α-hetero) is 1. The number of rotatable bonds is 14. The number of carbonyl (C=O) groups excluding carboxylic acids is 1. The van der Waals surface area contributed by atoms with Crippen LogP contribution in [0.3, 0.4) is 0 Å². The van der Waals surface area contributed by atoms with E-state index in [1.54, 1.807) is 0 Å². The number of ether oxygens (including phenoxy) is 4. The van der Waals surface area contributed by atoms with Gasteiger partial charge in [0, 0.05) is 12.3 Å². The molecule has 0 aromatic carbocycles. The van der Waals surface area contributed by atoms with E-state index in [1.807, 2.05) is 13.8 Å². The number of carbonyl (C=O) groups is 1. The Kier molecular flexibility index (Phi) is 13.8. The SMILES string of the molecule is C#CCOCCOCCOCCOCCC(=O)C(C)C. The summed E-state index contributed by atoms with van der Waals surface area (Å²) in [5.41, 5.74) is 0. The topological polar surface area (TPSA) is 54.0 Å². The van der Waals surface area contributed by atoms with Crippen LogP contribution >= 0.6 is 0 Å². The van der Waals surface area contributed by atoms with Crippen LogP contribution in [0.5, 0.6) is 0 Å². The smallest absolute Gasteiger partial charge is 0.137 e. The van der Waals surface area contributed by atoms with Gasteiger partial charge in [0.05, 0.1) is 46.2 Å². The maximum atomic E-state index is 11.3. The fraction of sp³-hybridized carbons (Fsp3) is 0.800. The maximum absolute atomic E-state index is 11.3. The second-order valence-electron chi connectivity index (χ2n) is 4.46. The molecule has 0 bridgehead atoms. The van der Waals surface area contributed by atoms with Crippen LogP contribution in [-0.2, 0) is 23.7 Å². The van der Waals surface area contributed by atoms with E-state index >= 15 is 0 Å². The molecule has 116 valence electrons. The van der Waals surface area contributed by atoms with Crippen LogP contribution < -0.4 is 0 Å². The molecule has 0 amide bonds. The van der Waals surface area contributed by atoms with E-state index in [9.17, 15) is 4.79 Å². The third-order valence-electron chi connectivity index (χ3n) is 2.44. The maximum Gasteiger partial charge on any atom is 0.137 e. The predicted molar refractivity (Wildman–Crippen MR) is 76.6 cm³/mol. The molecule has 5 heteroatoms. The zero-order chi connectivity index (χ0) is 15.1.